The van der Waals surface area contributed by atoms with E-state index in [1.54, 1.807) is 0 Å². The van der Waals surface area contributed by atoms with E-state index in [9.17, 15) is 4.79 Å². The number of likely N-dealkylation sites (tertiary alicyclic amines) is 1. The Hall–Kier alpha value is -2.36. The molecule has 0 unspecified atom stereocenters. The largest absolute Gasteiger partial charge is 0.445 e. The van der Waals surface area contributed by atoms with Gasteiger partial charge in [-0.2, -0.15) is 0 Å². The zero-order valence-corrected chi connectivity index (χ0v) is 12.7. The van der Waals surface area contributed by atoms with Crippen molar-refractivity contribution in [1.82, 2.24) is 9.88 Å². The number of aromatic nitrogens is 1. The molecule has 4 heteroatoms. The van der Waals surface area contributed by atoms with Crippen LogP contribution in [0.4, 0.5) is 4.79 Å². The molecule has 0 bridgehead atoms. The van der Waals surface area contributed by atoms with Gasteiger partial charge in [0.2, 0.25) is 0 Å². The van der Waals surface area contributed by atoms with E-state index in [2.05, 4.69) is 11.1 Å². The standard InChI is InChI=1S/C18H20N2O2/c1-14-9-10-16(12-19-14)17-8-5-11-20(17)18(21)22-13-15-6-3-2-4-7-15/h2-4,6-7,9-10,12,17H,5,8,11,13H2,1H3/t17-/m0/s1. The van der Waals surface area contributed by atoms with Crippen LogP contribution >= 0.6 is 0 Å². The summed E-state index contributed by atoms with van der Waals surface area (Å²) in [6.07, 6.45) is 3.58. The minimum Gasteiger partial charge on any atom is -0.445 e. The van der Waals surface area contributed by atoms with Crippen LogP contribution in [-0.4, -0.2) is 22.5 Å². The molecular weight excluding hydrogens is 276 g/mol. The van der Waals surface area contributed by atoms with Gasteiger partial charge in [-0.15, -0.1) is 0 Å². The molecule has 3 rings (SSSR count). The minimum atomic E-state index is -0.244. The number of ether oxygens (including phenoxy) is 1. The van der Waals surface area contributed by atoms with Crippen molar-refractivity contribution in [2.45, 2.75) is 32.4 Å². The molecular formula is C18H20N2O2. The molecule has 1 aliphatic heterocycles. The third-order valence-corrected chi connectivity index (χ3v) is 4.01. The number of benzene rings is 1. The highest BCUT2D eigenvalue weighted by atomic mass is 16.6. The third-order valence-electron chi connectivity index (χ3n) is 4.01. The molecule has 1 aliphatic rings. The monoisotopic (exact) mass is 296 g/mol. The fraction of sp³-hybridized carbons (Fsp3) is 0.333. The number of hydrogen-bond acceptors (Lipinski definition) is 3. The zero-order chi connectivity index (χ0) is 15.4. The van der Waals surface area contributed by atoms with Crippen LogP contribution < -0.4 is 0 Å². The van der Waals surface area contributed by atoms with E-state index in [1.165, 1.54) is 0 Å². The first-order chi connectivity index (χ1) is 10.7. The van der Waals surface area contributed by atoms with Gasteiger partial charge in [-0.3, -0.25) is 4.98 Å². The zero-order valence-electron chi connectivity index (χ0n) is 12.7. The van der Waals surface area contributed by atoms with Crippen molar-refractivity contribution in [3.8, 4) is 0 Å². The summed E-state index contributed by atoms with van der Waals surface area (Å²) in [4.78, 5) is 18.5. The fourth-order valence-electron chi connectivity index (χ4n) is 2.81. The summed E-state index contributed by atoms with van der Waals surface area (Å²) >= 11 is 0. The molecule has 4 nitrogen and oxygen atoms in total. The summed E-state index contributed by atoms with van der Waals surface area (Å²) < 4.78 is 5.45. The molecule has 1 aromatic heterocycles. The quantitative estimate of drug-likeness (QED) is 0.863. The Morgan fingerprint density at radius 1 is 1.27 bits per heavy atom. The van der Waals surface area contributed by atoms with Crippen molar-refractivity contribution in [2.75, 3.05) is 6.54 Å². The van der Waals surface area contributed by atoms with Gasteiger partial charge in [0.15, 0.2) is 0 Å². The number of carbonyl (C=O) groups is 1. The molecule has 0 saturated carbocycles. The molecule has 114 valence electrons. The second-order valence-corrected chi connectivity index (χ2v) is 5.62. The minimum absolute atomic E-state index is 0.0800. The Morgan fingerprint density at radius 2 is 2.09 bits per heavy atom. The predicted molar refractivity (Wildman–Crippen MR) is 84.3 cm³/mol. The van der Waals surface area contributed by atoms with Crippen LogP contribution in [0.15, 0.2) is 48.7 Å². The lowest BCUT2D eigenvalue weighted by molar-refractivity contribution is 0.0920. The molecule has 0 N–H and O–H groups in total. The molecule has 0 aliphatic carbocycles. The van der Waals surface area contributed by atoms with Crippen molar-refractivity contribution in [3.63, 3.8) is 0 Å². The second kappa shape index (κ2) is 6.60. The molecule has 2 aromatic rings. The van der Waals surface area contributed by atoms with Gasteiger partial charge < -0.3 is 9.64 Å². The van der Waals surface area contributed by atoms with Crippen molar-refractivity contribution in [2.24, 2.45) is 0 Å². The molecule has 1 aromatic carbocycles. The van der Waals surface area contributed by atoms with Gasteiger partial charge in [-0.25, -0.2) is 4.79 Å². The summed E-state index contributed by atoms with van der Waals surface area (Å²) in [6.45, 7) is 3.02. The number of carbonyl (C=O) groups excluding carboxylic acids is 1. The van der Waals surface area contributed by atoms with Gasteiger partial charge in [0.25, 0.3) is 0 Å². The highest BCUT2D eigenvalue weighted by molar-refractivity contribution is 5.68. The molecule has 2 heterocycles. The SMILES string of the molecule is Cc1ccc([C@@H]2CCCN2C(=O)OCc2ccccc2)cn1. The van der Waals surface area contributed by atoms with Crippen LogP contribution in [0, 0.1) is 6.92 Å². The first-order valence-electron chi connectivity index (χ1n) is 7.64. The van der Waals surface area contributed by atoms with E-state index in [0.717, 1.165) is 36.2 Å². The summed E-state index contributed by atoms with van der Waals surface area (Å²) in [7, 11) is 0. The van der Waals surface area contributed by atoms with Crippen LogP contribution in [0.1, 0.15) is 35.7 Å². The predicted octanol–water partition coefficient (Wildman–Crippen LogP) is 3.86. The lowest BCUT2D eigenvalue weighted by Crippen LogP contribution is -2.31. The highest BCUT2D eigenvalue weighted by Crippen LogP contribution is 2.32. The molecule has 1 saturated heterocycles. The van der Waals surface area contributed by atoms with E-state index < -0.39 is 0 Å². The van der Waals surface area contributed by atoms with Crippen LogP contribution in [0.3, 0.4) is 0 Å². The Morgan fingerprint density at radius 3 is 2.82 bits per heavy atom. The van der Waals surface area contributed by atoms with Crippen molar-refractivity contribution in [1.29, 1.82) is 0 Å². The fourth-order valence-corrected chi connectivity index (χ4v) is 2.81. The number of hydrogen-bond donors (Lipinski definition) is 0. The van der Waals surface area contributed by atoms with Gasteiger partial charge in [-0.05, 0) is 37.0 Å². The normalized spacial score (nSPS) is 17.5. The second-order valence-electron chi connectivity index (χ2n) is 5.62. The highest BCUT2D eigenvalue weighted by Gasteiger charge is 2.31. The van der Waals surface area contributed by atoms with Crippen molar-refractivity contribution < 1.29 is 9.53 Å². The number of rotatable bonds is 3. The van der Waals surface area contributed by atoms with Crippen LogP contribution in [0.5, 0.6) is 0 Å². The first-order valence-corrected chi connectivity index (χ1v) is 7.64. The van der Waals surface area contributed by atoms with E-state index >= 15 is 0 Å². The Labute approximate surface area is 130 Å². The van der Waals surface area contributed by atoms with E-state index in [4.69, 9.17) is 4.74 Å². The van der Waals surface area contributed by atoms with Crippen LogP contribution in [0.2, 0.25) is 0 Å². The maximum absolute atomic E-state index is 12.4. The van der Waals surface area contributed by atoms with Crippen molar-refractivity contribution in [3.05, 3.63) is 65.5 Å². The molecule has 1 amide bonds. The maximum atomic E-state index is 12.4. The molecule has 1 atom stereocenters. The lowest BCUT2D eigenvalue weighted by atomic mass is 10.1. The van der Waals surface area contributed by atoms with E-state index in [-0.39, 0.29) is 12.1 Å². The van der Waals surface area contributed by atoms with Crippen LogP contribution in [-0.2, 0) is 11.3 Å². The summed E-state index contributed by atoms with van der Waals surface area (Å²) in [6, 6.07) is 13.9. The average Bonchev–Trinajstić information content (AvgIpc) is 3.04. The van der Waals surface area contributed by atoms with Crippen molar-refractivity contribution >= 4 is 6.09 Å². The first kappa shape index (κ1) is 14.6. The average molecular weight is 296 g/mol. The van der Waals surface area contributed by atoms with E-state index in [0.29, 0.717) is 6.61 Å². The van der Waals surface area contributed by atoms with Gasteiger partial charge in [0.05, 0.1) is 6.04 Å². The molecule has 22 heavy (non-hydrogen) atoms. The van der Waals surface area contributed by atoms with Gasteiger partial charge in [-0.1, -0.05) is 36.4 Å². The Kier molecular flexibility index (Phi) is 4.37. The topological polar surface area (TPSA) is 42.4 Å². The molecule has 1 fully saturated rings. The van der Waals surface area contributed by atoms with Gasteiger partial charge in [0.1, 0.15) is 6.61 Å². The number of nitrogens with zero attached hydrogens (tertiary/aromatic N) is 2. The summed E-state index contributed by atoms with van der Waals surface area (Å²) in [5.41, 5.74) is 3.07. The smallest absolute Gasteiger partial charge is 0.410 e. The summed E-state index contributed by atoms with van der Waals surface area (Å²) in [5.74, 6) is 0. The third kappa shape index (κ3) is 3.27. The lowest BCUT2D eigenvalue weighted by Gasteiger charge is -2.24. The Bertz CT molecular complexity index is 625. The van der Waals surface area contributed by atoms with Gasteiger partial charge >= 0.3 is 6.09 Å². The van der Waals surface area contributed by atoms with Crippen LogP contribution in [0.25, 0.3) is 0 Å². The number of pyridine rings is 1. The Balaban J connectivity index is 1.65. The summed E-state index contributed by atoms with van der Waals surface area (Å²) in [5, 5.41) is 0. The molecule has 0 radical (unpaired) electrons. The van der Waals surface area contributed by atoms with E-state index in [1.807, 2.05) is 54.4 Å². The maximum Gasteiger partial charge on any atom is 0.410 e. The molecule has 0 spiro atoms. The number of aryl methyl sites for hydroxylation is 1. The number of amides is 1. The van der Waals surface area contributed by atoms with Gasteiger partial charge in [0, 0.05) is 18.4 Å².